The topological polar surface area (TPSA) is 46.9 Å². The molecule has 0 aromatic carbocycles. The van der Waals surface area contributed by atoms with E-state index in [-0.39, 0.29) is 5.56 Å². The highest BCUT2D eigenvalue weighted by molar-refractivity contribution is 6.32. The monoisotopic (exact) mass is 281 g/mol. The van der Waals surface area contributed by atoms with Gasteiger partial charge in [-0.25, -0.2) is 4.68 Å². The maximum atomic E-state index is 12.3. The largest absolute Gasteiger partial charge is 0.379 e. The van der Waals surface area contributed by atoms with Crippen molar-refractivity contribution in [2.24, 2.45) is 11.3 Å². The first-order chi connectivity index (χ1) is 9.07. The highest BCUT2D eigenvalue weighted by Gasteiger charge is 2.32. The Balaban J connectivity index is 1.76. The molecule has 1 aromatic rings. The molecule has 0 unspecified atom stereocenters. The van der Waals surface area contributed by atoms with E-state index in [0.717, 1.165) is 13.1 Å². The van der Waals surface area contributed by atoms with Crippen LogP contribution in [0.3, 0.4) is 0 Å². The average Bonchev–Trinajstić information content (AvgIpc) is 3.14. The predicted molar refractivity (Wildman–Crippen MR) is 76.7 cm³/mol. The lowest BCUT2D eigenvalue weighted by molar-refractivity contribution is 0.180. The van der Waals surface area contributed by atoms with Crippen LogP contribution in [0.5, 0.6) is 0 Å². The lowest BCUT2D eigenvalue weighted by Crippen LogP contribution is -2.35. The number of nitrogens with one attached hydrogen (secondary N) is 1. The number of nitrogens with zero attached hydrogens (tertiary/aromatic N) is 2. The lowest BCUT2D eigenvalue weighted by atomic mass is 9.70. The molecule has 1 aromatic heterocycles. The Morgan fingerprint density at radius 1 is 1.53 bits per heavy atom. The molecule has 2 saturated carbocycles. The van der Waals surface area contributed by atoms with Crippen LogP contribution in [0.15, 0.2) is 11.0 Å². The van der Waals surface area contributed by atoms with Crippen molar-refractivity contribution >= 4 is 17.3 Å². The Hall–Kier alpha value is -1.03. The van der Waals surface area contributed by atoms with E-state index in [4.69, 9.17) is 11.6 Å². The van der Waals surface area contributed by atoms with E-state index in [2.05, 4.69) is 17.3 Å². The summed E-state index contributed by atoms with van der Waals surface area (Å²) in [5, 5.41) is 7.81. The van der Waals surface area contributed by atoms with E-state index in [0.29, 0.717) is 22.0 Å². The van der Waals surface area contributed by atoms with Crippen LogP contribution in [0.2, 0.25) is 5.02 Å². The summed E-state index contributed by atoms with van der Waals surface area (Å²) >= 11 is 6.11. The SMILES string of the molecule is CC1(CNc2c(Cl)cnn(CC3CC3)c2=O)CCC1. The van der Waals surface area contributed by atoms with Gasteiger partial charge in [-0.2, -0.15) is 5.10 Å². The molecule has 1 N–H and O–H groups in total. The Bertz CT molecular complexity index is 532. The van der Waals surface area contributed by atoms with Gasteiger partial charge in [0.15, 0.2) is 0 Å². The molecule has 0 aliphatic heterocycles. The number of aromatic nitrogens is 2. The molecule has 0 saturated heterocycles. The fraction of sp³-hybridized carbons (Fsp3) is 0.714. The van der Waals surface area contributed by atoms with Crippen LogP contribution in [0.1, 0.15) is 39.0 Å². The summed E-state index contributed by atoms with van der Waals surface area (Å²) in [6, 6.07) is 0. The quantitative estimate of drug-likeness (QED) is 0.903. The fourth-order valence-electron chi connectivity index (χ4n) is 2.56. The van der Waals surface area contributed by atoms with Crippen LogP contribution < -0.4 is 10.9 Å². The Kier molecular flexibility index (Phi) is 3.29. The minimum Gasteiger partial charge on any atom is -0.379 e. The smallest absolute Gasteiger partial charge is 0.291 e. The Morgan fingerprint density at radius 3 is 2.84 bits per heavy atom. The van der Waals surface area contributed by atoms with Crippen LogP contribution >= 0.6 is 11.6 Å². The highest BCUT2D eigenvalue weighted by atomic mass is 35.5. The minimum absolute atomic E-state index is 0.0812. The fourth-order valence-corrected chi connectivity index (χ4v) is 2.75. The third-order valence-corrected chi connectivity index (χ3v) is 4.66. The van der Waals surface area contributed by atoms with Crippen LogP contribution in [0.4, 0.5) is 5.69 Å². The van der Waals surface area contributed by atoms with Crippen LogP contribution in [-0.2, 0) is 6.54 Å². The van der Waals surface area contributed by atoms with Crippen molar-refractivity contribution in [1.29, 1.82) is 0 Å². The summed E-state index contributed by atoms with van der Waals surface area (Å²) < 4.78 is 1.55. The minimum atomic E-state index is -0.0812. The van der Waals surface area contributed by atoms with E-state index in [1.165, 1.54) is 32.1 Å². The maximum Gasteiger partial charge on any atom is 0.291 e. The van der Waals surface area contributed by atoms with Crippen molar-refractivity contribution in [2.45, 2.75) is 45.6 Å². The molecule has 3 rings (SSSR count). The van der Waals surface area contributed by atoms with E-state index >= 15 is 0 Å². The summed E-state index contributed by atoms with van der Waals surface area (Å²) in [6.07, 6.45) is 7.72. The third kappa shape index (κ3) is 2.78. The molecule has 0 atom stereocenters. The van der Waals surface area contributed by atoms with Crippen molar-refractivity contribution in [3.8, 4) is 0 Å². The van der Waals surface area contributed by atoms with Crippen molar-refractivity contribution < 1.29 is 0 Å². The second-order valence-electron chi connectivity index (χ2n) is 6.32. The highest BCUT2D eigenvalue weighted by Crippen LogP contribution is 2.40. The number of anilines is 1. The Morgan fingerprint density at radius 2 is 2.26 bits per heavy atom. The van der Waals surface area contributed by atoms with Crippen molar-refractivity contribution in [3.63, 3.8) is 0 Å². The molecule has 5 heteroatoms. The average molecular weight is 282 g/mol. The molecule has 4 nitrogen and oxygen atoms in total. The molecular formula is C14H20ClN3O. The van der Waals surface area contributed by atoms with Crippen LogP contribution in [-0.4, -0.2) is 16.3 Å². The molecule has 2 aliphatic carbocycles. The van der Waals surface area contributed by atoms with Crippen LogP contribution in [0, 0.1) is 11.3 Å². The molecule has 0 radical (unpaired) electrons. The molecule has 0 spiro atoms. The number of hydrogen-bond acceptors (Lipinski definition) is 3. The zero-order valence-corrected chi connectivity index (χ0v) is 12.0. The Labute approximate surface area is 118 Å². The van der Waals surface area contributed by atoms with Gasteiger partial charge in [-0.05, 0) is 37.0 Å². The summed E-state index contributed by atoms with van der Waals surface area (Å²) in [5.41, 5.74) is 0.758. The van der Waals surface area contributed by atoms with Gasteiger partial charge in [0.25, 0.3) is 5.56 Å². The molecule has 1 heterocycles. The predicted octanol–water partition coefficient (Wildman–Crippen LogP) is 2.91. The first-order valence-electron chi connectivity index (χ1n) is 7.07. The van der Waals surface area contributed by atoms with Gasteiger partial charge in [0.2, 0.25) is 0 Å². The number of hydrogen-bond donors (Lipinski definition) is 1. The van der Waals surface area contributed by atoms with Gasteiger partial charge in [0, 0.05) is 13.1 Å². The van der Waals surface area contributed by atoms with Gasteiger partial charge in [-0.15, -0.1) is 0 Å². The van der Waals surface area contributed by atoms with Gasteiger partial charge in [0.05, 0.1) is 11.2 Å². The van der Waals surface area contributed by atoms with Crippen molar-refractivity contribution in [1.82, 2.24) is 9.78 Å². The van der Waals surface area contributed by atoms with Gasteiger partial charge in [-0.1, -0.05) is 24.9 Å². The standard InChI is InChI=1S/C14H20ClN3O/c1-14(5-2-6-14)9-16-12-11(15)7-17-18(13(12)19)8-10-3-4-10/h7,10,16H,2-6,8-9H2,1H3. The van der Waals surface area contributed by atoms with Gasteiger partial charge in [-0.3, -0.25) is 4.79 Å². The van der Waals surface area contributed by atoms with E-state index in [1.54, 1.807) is 10.9 Å². The zero-order chi connectivity index (χ0) is 13.5. The summed E-state index contributed by atoms with van der Waals surface area (Å²) in [6.45, 7) is 3.79. The first-order valence-corrected chi connectivity index (χ1v) is 7.45. The van der Waals surface area contributed by atoms with Gasteiger partial charge in [0.1, 0.15) is 5.69 Å². The number of rotatable bonds is 5. The number of halogens is 1. The molecule has 0 bridgehead atoms. The molecule has 2 fully saturated rings. The normalized spacial score (nSPS) is 20.9. The molecule has 0 amide bonds. The lowest BCUT2D eigenvalue weighted by Gasteiger charge is -2.38. The summed E-state index contributed by atoms with van der Waals surface area (Å²) in [5.74, 6) is 0.628. The maximum absolute atomic E-state index is 12.3. The molecule has 104 valence electrons. The van der Waals surface area contributed by atoms with Gasteiger partial charge >= 0.3 is 0 Å². The third-order valence-electron chi connectivity index (χ3n) is 4.38. The van der Waals surface area contributed by atoms with Gasteiger partial charge < -0.3 is 5.32 Å². The van der Waals surface area contributed by atoms with Crippen LogP contribution in [0.25, 0.3) is 0 Å². The van der Waals surface area contributed by atoms with E-state index in [9.17, 15) is 4.79 Å². The molecule has 19 heavy (non-hydrogen) atoms. The molecular weight excluding hydrogens is 262 g/mol. The summed E-state index contributed by atoms with van der Waals surface area (Å²) in [4.78, 5) is 12.3. The zero-order valence-electron chi connectivity index (χ0n) is 11.3. The first kappa shape index (κ1) is 13.0. The second-order valence-corrected chi connectivity index (χ2v) is 6.72. The summed E-state index contributed by atoms with van der Waals surface area (Å²) in [7, 11) is 0. The molecule has 2 aliphatic rings. The second kappa shape index (κ2) is 4.82. The van der Waals surface area contributed by atoms with Crippen molar-refractivity contribution in [2.75, 3.05) is 11.9 Å². The van der Waals surface area contributed by atoms with E-state index < -0.39 is 0 Å². The van der Waals surface area contributed by atoms with E-state index in [1.807, 2.05) is 0 Å². The van der Waals surface area contributed by atoms with Crippen molar-refractivity contribution in [3.05, 3.63) is 21.6 Å².